The molecule has 0 aromatic carbocycles. The Morgan fingerprint density at radius 1 is 1.08 bits per heavy atom. The molecule has 0 aromatic rings. The van der Waals surface area contributed by atoms with E-state index in [2.05, 4.69) is 25.9 Å². The molecule has 0 aliphatic heterocycles. The normalized spacial score (nSPS) is 23.0. The van der Waals surface area contributed by atoms with Crippen LogP contribution in [0, 0.1) is 5.41 Å². The topological polar surface area (TPSA) is 3.24 Å². The van der Waals surface area contributed by atoms with Gasteiger partial charge < -0.3 is 4.90 Å². The molecular formula is C11H23N. The molecule has 0 unspecified atom stereocenters. The highest BCUT2D eigenvalue weighted by Gasteiger charge is 2.30. The van der Waals surface area contributed by atoms with E-state index in [9.17, 15) is 0 Å². The van der Waals surface area contributed by atoms with Crippen molar-refractivity contribution in [1.29, 1.82) is 0 Å². The summed E-state index contributed by atoms with van der Waals surface area (Å²) in [6.45, 7) is 3.65. The van der Waals surface area contributed by atoms with Crippen molar-refractivity contribution in [3.63, 3.8) is 0 Å². The Kier molecular flexibility index (Phi) is 3.57. The molecular weight excluding hydrogens is 146 g/mol. The molecule has 0 saturated heterocycles. The van der Waals surface area contributed by atoms with Crippen LogP contribution in [0.3, 0.4) is 0 Å². The third kappa shape index (κ3) is 2.48. The Labute approximate surface area is 77.1 Å². The molecule has 0 radical (unpaired) electrons. The summed E-state index contributed by atoms with van der Waals surface area (Å²) < 4.78 is 0. The maximum absolute atomic E-state index is 2.36. The van der Waals surface area contributed by atoms with Gasteiger partial charge in [0.25, 0.3) is 0 Å². The predicted octanol–water partition coefficient (Wildman–Crippen LogP) is 2.91. The molecule has 0 spiro atoms. The van der Waals surface area contributed by atoms with Gasteiger partial charge in [-0.05, 0) is 38.8 Å². The molecule has 1 heteroatoms. The average Bonchev–Trinajstić information content (AvgIpc) is 2.05. The van der Waals surface area contributed by atoms with Crippen molar-refractivity contribution >= 4 is 0 Å². The second-order valence-electron chi connectivity index (χ2n) is 4.65. The van der Waals surface area contributed by atoms with Gasteiger partial charge >= 0.3 is 0 Å². The first-order valence-corrected chi connectivity index (χ1v) is 5.33. The largest absolute Gasteiger partial charge is 0.309 e. The molecule has 12 heavy (non-hydrogen) atoms. The fourth-order valence-corrected chi connectivity index (χ4v) is 2.60. The molecule has 0 N–H and O–H groups in total. The van der Waals surface area contributed by atoms with Gasteiger partial charge in [0.15, 0.2) is 0 Å². The van der Waals surface area contributed by atoms with E-state index in [0.717, 1.165) is 0 Å². The summed E-state index contributed by atoms with van der Waals surface area (Å²) in [5.74, 6) is 0. The molecule has 1 aliphatic carbocycles. The number of rotatable bonds is 3. The third-order valence-corrected chi connectivity index (χ3v) is 3.32. The van der Waals surface area contributed by atoms with E-state index < -0.39 is 0 Å². The summed E-state index contributed by atoms with van der Waals surface area (Å²) in [6.07, 6.45) is 8.67. The van der Waals surface area contributed by atoms with E-state index in [1.165, 1.54) is 45.1 Å². The molecule has 1 saturated carbocycles. The maximum atomic E-state index is 2.36. The lowest BCUT2D eigenvalue weighted by Crippen LogP contribution is -2.34. The third-order valence-electron chi connectivity index (χ3n) is 3.32. The molecule has 1 aliphatic rings. The van der Waals surface area contributed by atoms with Gasteiger partial charge in [-0.1, -0.05) is 26.2 Å². The average molecular weight is 169 g/mol. The fraction of sp³-hybridized carbons (Fsp3) is 1.00. The quantitative estimate of drug-likeness (QED) is 0.628. The van der Waals surface area contributed by atoms with Crippen LogP contribution in [0.4, 0.5) is 0 Å². The van der Waals surface area contributed by atoms with Crippen molar-refractivity contribution in [3.05, 3.63) is 0 Å². The van der Waals surface area contributed by atoms with E-state index in [1.54, 1.807) is 0 Å². The Balaban J connectivity index is 2.48. The zero-order chi connectivity index (χ0) is 9.03. The van der Waals surface area contributed by atoms with Crippen molar-refractivity contribution < 1.29 is 0 Å². The van der Waals surface area contributed by atoms with E-state index in [4.69, 9.17) is 0 Å². The van der Waals surface area contributed by atoms with Crippen LogP contribution >= 0.6 is 0 Å². The number of hydrogen-bond acceptors (Lipinski definition) is 1. The highest BCUT2D eigenvalue weighted by Crippen LogP contribution is 2.39. The number of hydrogen-bond donors (Lipinski definition) is 0. The smallest absolute Gasteiger partial charge is 0.00318 e. The first kappa shape index (κ1) is 10.0. The molecule has 0 heterocycles. The Hall–Kier alpha value is -0.0400. The minimum Gasteiger partial charge on any atom is -0.309 e. The predicted molar refractivity (Wildman–Crippen MR) is 54.4 cm³/mol. The van der Waals surface area contributed by atoms with Crippen molar-refractivity contribution in [3.8, 4) is 0 Å². The monoisotopic (exact) mass is 169 g/mol. The van der Waals surface area contributed by atoms with E-state index >= 15 is 0 Å². The molecule has 1 fully saturated rings. The zero-order valence-corrected chi connectivity index (χ0v) is 8.90. The summed E-state index contributed by atoms with van der Waals surface area (Å²) in [7, 11) is 4.40. The van der Waals surface area contributed by atoms with Crippen LogP contribution < -0.4 is 0 Å². The van der Waals surface area contributed by atoms with Gasteiger partial charge in [0, 0.05) is 6.54 Å². The lowest BCUT2D eigenvalue weighted by atomic mass is 9.72. The van der Waals surface area contributed by atoms with Crippen molar-refractivity contribution in [2.75, 3.05) is 20.6 Å². The maximum Gasteiger partial charge on any atom is 0.00318 e. The van der Waals surface area contributed by atoms with Crippen LogP contribution in [0.5, 0.6) is 0 Å². The summed E-state index contributed by atoms with van der Waals surface area (Å²) in [4.78, 5) is 2.36. The van der Waals surface area contributed by atoms with Gasteiger partial charge in [-0.25, -0.2) is 0 Å². The zero-order valence-electron chi connectivity index (χ0n) is 8.90. The highest BCUT2D eigenvalue weighted by atomic mass is 15.1. The second kappa shape index (κ2) is 4.27. The lowest BCUT2D eigenvalue weighted by molar-refractivity contribution is 0.128. The summed E-state index contributed by atoms with van der Waals surface area (Å²) in [5.41, 5.74) is 0.668. The number of nitrogens with zero attached hydrogens (tertiary/aromatic N) is 1. The fourth-order valence-electron chi connectivity index (χ4n) is 2.60. The summed E-state index contributed by atoms with van der Waals surface area (Å²) in [5, 5.41) is 0. The molecule has 0 bridgehead atoms. The van der Waals surface area contributed by atoms with E-state index in [0.29, 0.717) is 5.41 Å². The molecule has 72 valence electrons. The van der Waals surface area contributed by atoms with Crippen molar-refractivity contribution in [2.45, 2.75) is 45.4 Å². The highest BCUT2D eigenvalue weighted by molar-refractivity contribution is 4.83. The standard InChI is InChI=1S/C11H23N/c1-4-11(10-12(2)3)8-6-5-7-9-11/h4-10H2,1-3H3. The van der Waals surface area contributed by atoms with E-state index in [-0.39, 0.29) is 0 Å². The van der Waals surface area contributed by atoms with Crippen LogP contribution in [-0.4, -0.2) is 25.5 Å². The minimum absolute atomic E-state index is 0.668. The van der Waals surface area contributed by atoms with Crippen LogP contribution in [-0.2, 0) is 0 Å². The Bertz CT molecular complexity index is 123. The first-order valence-electron chi connectivity index (χ1n) is 5.33. The Morgan fingerprint density at radius 2 is 1.67 bits per heavy atom. The SMILES string of the molecule is CCC1(CN(C)C)CCCCC1. The van der Waals surface area contributed by atoms with Crippen LogP contribution in [0.25, 0.3) is 0 Å². The summed E-state index contributed by atoms with van der Waals surface area (Å²) in [6, 6.07) is 0. The Morgan fingerprint density at radius 3 is 2.08 bits per heavy atom. The van der Waals surface area contributed by atoms with Gasteiger partial charge in [-0.2, -0.15) is 0 Å². The molecule has 1 nitrogen and oxygen atoms in total. The van der Waals surface area contributed by atoms with Crippen LogP contribution in [0.2, 0.25) is 0 Å². The second-order valence-corrected chi connectivity index (χ2v) is 4.65. The minimum atomic E-state index is 0.668. The van der Waals surface area contributed by atoms with Gasteiger partial charge in [-0.3, -0.25) is 0 Å². The van der Waals surface area contributed by atoms with Gasteiger partial charge in [0.2, 0.25) is 0 Å². The van der Waals surface area contributed by atoms with Gasteiger partial charge in [-0.15, -0.1) is 0 Å². The lowest BCUT2D eigenvalue weighted by Gasteiger charge is -2.38. The first-order chi connectivity index (χ1) is 5.68. The molecule has 0 aromatic heterocycles. The summed E-state index contributed by atoms with van der Waals surface area (Å²) >= 11 is 0. The van der Waals surface area contributed by atoms with Gasteiger partial charge in [0.1, 0.15) is 0 Å². The van der Waals surface area contributed by atoms with Crippen molar-refractivity contribution in [1.82, 2.24) is 4.90 Å². The molecule has 0 amide bonds. The molecule has 0 atom stereocenters. The van der Waals surface area contributed by atoms with Crippen molar-refractivity contribution in [2.24, 2.45) is 5.41 Å². The van der Waals surface area contributed by atoms with E-state index in [1.807, 2.05) is 0 Å². The van der Waals surface area contributed by atoms with Crippen LogP contribution in [0.15, 0.2) is 0 Å². The molecule has 1 rings (SSSR count). The van der Waals surface area contributed by atoms with Crippen LogP contribution in [0.1, 0.15) is 45.4 Å². The van der Waals surface area contributed by atoms with Gasteiger partial charge in [0.05, 0.1) is 0 Å².